The molecule has 0 nitrogen and oxygen atoms in total. The zero-order chi connectivity index (χ0) is 31.5. The summed E-state index contributed by atoms with van der Waals surface area (Å²) >= 11 is 0. The van der Waals surface area contributed by atoms with Gasteiger partial charge in [0.2, 0.25) is 0 Å². The Labute approximate surface area is 277 Å². The molecule has 0 saturated carbocycles. The van der Waals surface area contributed by atoms with Crippen molar-refractivity contribution in [3.05, 3.63) is 0 Å². The molecule has 1 heteroatoms. The van der Waals surface area contributed by atoms with Gasteiger partial charge in [0.1, 0.15) is 0 Å². The predicted octanol–water partition coefficient (Wildman–Crippen LogP) is 16.3. The highest BCUT2D eigenvalue weighted by molar-refractivity contribution is 7.76. The van der Waals surface area contributed by atoms with E-state index in [2.05, 4.69) is 34.6 Å². The number of rotatable bonds is 37. The Morgan fingerprint density at radius 2 is 0.465 bits per heavy atom. The van der Waals surface area contributed by atoms with Crippen LogP contribution in [0.1, 0.15) is 247 Å². The molecule has 0 radical (unpaired) electrons. The van der Waals surface area contributed by atoms with Crippen molar-refractivity contribution in [3.63, 3.8) is 0 Å². The molecule has 0 aliphatic rings. The number of hydrogen-bond donors (Lipinski definition) is 0. The first-order valence-corrected chi connectivity index (χ1v) is 23.5. The lowest BCUT2D eigenvalue weighted by atomic mass is 10.0. The third-order valence-electron chi connectivity index (χ3n) is 10.7. The van der Waals surface area contributed by atoms with Crippen molar-refractivity contribution < 1.29 is 0 Å². The summed E-state index contributed by atoms with van der Waals surface area (Å²) in [4.78, 5) is 0. The van der Waals surface area contributed by atoms with Gasteiger partial charge in [0, 0.05) is 7.26 Å². The minimum Gasteiger partial charge on any atom is -0.0654 e. The largest absolute Gasteiger partial charge is 0.0697 e. The van der Waals surface area contributed by atoms with Crippen molar-refractivity contribution in [2.45, 2.75) is 252 Å². The monoisotopic (exact) mass is 624 g/mol. The molecule has 0 amide bonds. The molecule has 0 aromatic carbocycles. The fourth-order valence-corrected chi connectivity index (χ4v) is 13.5. The maximum atomic E-state index is 2.37. The average Bonchev–Trinajstić information content (AvgIpc) is 3.02. The highest BCUT2D eigenvalue weighted by atomic mass is 31.2. The molecule has 0 aliphatic heterocycles. The molecule has 0 heterocycles. The van der Waals surface area contributed by atoms with Crippen molar-refractivity contribution in [1.82, 2.24) is 0 Å². The summed E-state index contributed by atoms with van der Waals surface area (Å²) < 4.78 is 0. The highest BCUT2D eigenvalue weighted by Crippen LogP contribution is 2.67. The van der Waals surface area contributed by atoms with E-state index in [0.717, 1.165) is 5.66 Å². The van der Waals surface area contributed by atoms with Crippen LogP contribution in [-0.2, 0) is 0 Å². The first-order chi connectivity index (χ1) is 21.2. The van der Waals surface area contributed by atoms with Gasteiger partial charge in [0.15, 0.2) is 0 Å². The second-order valence-corrected chi connectivity index (χ2v) is 19.3. The van der Waals surface area contributed by atoms with Gasteiger partial charge in [-0.2, -0.15) is 0 Å². The fraction of sp³-hybridized carbons (Fsp3) is 1.00. The highest BCUT2D eigenvalue weighted by Gasteiger charge is 2.43. The van der Waals surface area contributed by atoms with Crippen LogP contribution in [0.4, 0.5) is 0 Å². The second-order valence-electron chi connectivity index (χ2n) is 14.8. The standard InChI is InChI=1S/C42H88P/c1-6-11-16-21-26-28-33-38-42(37-32-27-22-17-12-7-2)43(39-34-29-23-18-13-8-3,40-35-30-24-19-14-9-4)41-36-31-25-20-15-10-5/h42H,6-41H2,1-5H3/q+1. The van der Waals surface area contributed by atoms with Crippen LogP contribution < -0.4 is 0 Å². The van der Waals surface area contributed by atoms with Crippen molar-refractivity contribution in [1.29, 1.82) is 0 Å². The van der Waals surface area contributed by atoms with E-state index in [-0.39, 0.29) is 0 Å². The van der Waals surface area contributed by atoms with E-state index in [1.807, 2.05) is 0 Å². The molecule has 0 aromatic heterocycles. The lowest BCUT2D eigenvalue weighted by Crippen LogP contribution is -2.23. The van der Waals surface area contributed by atoms with Gasteiger partial charge in [0.05, 0.1) is 24.1 Å². The Balaban J connectivity index is 5.61. The molecule has 0 bridgehead atoms. The summed E-state index contributed by atoms with van der Waals surface area (Å²) in [6.45, 7) is 11.8. The SMILES string of the molecule is CCCCCCCCCC(CCCCCCCC)[P+](CCCCCCCC)(CCCCCCCC)CCCCCCCC. The smallest absolute Gasteiger partial charge is 0.0654 e. The summed E-state index contributed by atoms with van der Waals surface area (Å²) in [5.74, 6) is 0. The Bertz CT molecular complexity index is 458. The fourth-order valence-electron chi connectivity index (χ4n) is 7.69. The molecular formula is C42H88P+. The lowest BCUT2D eigenvalue weighted by Gasteiger charge is -2.36. The van der Waals surface area contributed by atoms with Gasteiger partial charge in [-0.25, -0.2) is 0 Å². The average molecular weight is 624 g/mol. The normalized spacial score (nSPS) is 12.8. The molecule has 0 N–H and O–H groups in total. The maximum absolute atomic E-state index is 2.37. The Morgan fingerprint density at radius 1 is 0.256 bits per heavy atom. The Morgan fingerprint density at radius 3 is 0.721 bits per heavy atom. The number of hydrogen-bond acceptors (Lipinski definition) is 0. The maximum Gasteiger partial charge on any atom is 0.0697 e. The topological polar surface area (TPSA) is 0 Å². The number of unbranched alkanes of at least 4 members (excludes halogenated alkanes) is 26. The minimum atomic E-state index is -0.901. The van der Waals surface area contributed by atoms with Crippen LogP contribution in [0.3, 0.4) is 0 Å². The van der Waals surface area contributed by atoms with Gasteiger partial charge in [-0.05, 0) is 64.2 Å². The van der Waals surface area contributed by atoms with Crippen LogP contribution in [0, 0.1) is 0 Å². The summed E-state index contributed by atoms with van der Waals surface area (Å²) in [7, 11) is -0.901. The van der Waals surface area contributed by atoms with E-state index < -0.39 is 7.26 Å². The van der Waals surface area contributed by atoms with E-state index in [4.69, 9.17) is 0 Å². The van der Waals surface area contributed by atoms with Crippen LogP contribution in [0.2, 0.25) is 0 Å². The molecule has 1 atom stereocenters. The van der Waals surface area contributed by atoms with Crippen molar-refractivity contribution in [3.8, 4) is 0 Å². The van der Waals surface area contributed by atoms with Crippen molar-refractivity contribution >= 4 is 7.26 Å². The van der Waals surface area contributed by atoms with E-state index in [0.29, 0.717) is 0 Å². The second kappa shape index (κ2) is 35.3. The lowest BCUT2D eigenvalue weighted by molar-refractivity contribution is 0.529. The molecule has 0 aliphatic carbocycles. The van der Waals surface area contributed by atoms with Crippen molar-refractivity contribution in [2.24, 2.45) is 0 Å². The van der Waals surface area contributed by atoms with Gasteiger partial charge < -0.3 is 0 Å². The summed E-state index contributed by atoms with van der Waals surface area (Å²) in [6, 6.07) is 0. The molecule has 1 unspecified atom stereocenters. The van der Waals surface area contributed by atoms with Crippen LogP contribution in [0.25, 0.3) is 0 Å². The van der Waals surface area contributed by atoms with Gasteiger partial charge in [0.25, 0.3) is 0 Å². The van der Waals surface area contributed by atoms with Gasteiger partial charge in [-0.3, -0.25) is 0 Å². The van der Waals surface area contributed by atoms with Gasteiger partial charge in [-0.15, -0.1) is 0 Å². The van der Waals surface area contributed by atoms with E-state index in [1.165, 1.54) is 180 Å². The van der Waals surface area contributed by atoms with Crippen LogP contribution in [-0.4, -0.2) is 24.1 Å². The zero-order valence-corrected chi connectivity index (χ0v) is 32.4. The molecule has 0 aromatic rings. The summed E-state index contributed by atoms with van der Waals surface area (Å²) in [5.41, 5.74) is 1.11. The third kappa shape index (κ3) is 27.3. The van der Waals surface area contributed by atoms with Gasteiger partial charge >= 0.3 is 0 Å². The van der Waals surface area contributed by atoms with Crippen LogP contribution >= 0.6 is 7.26 Å². The quantitative estimate of drug-likeness (QED) is 0.0477. The van der Waals surface area contributed by atoms with E-state index in [1.54, 1.807) is 50.6 Å². The zero-order valence-electron chi connectivity index (χ0n) is 31.5. The predicted molar refractivity (Wildman–Crippen MR) is 206 cm³/mol. The molecule has 43 heavy (non-hydrogen) atoms. The van der Waals surface area contributed by atoms with Crippen LogP contribution in [0.15, 0.2) is 0 Å². The Kier molecular flexibility index (Phi) is 35.6. The minimum absolute atomic E-state index is 0.901. The van der Waals surface area contributed by atoms with Crippen LogP contribution in [0.5, 0.6) is 0 Å². The third-order valence-corrected chi connectivity index (χ3v) is 16.4. The Hall–Kier alpha value is 0.430. The molecule has 0 rings (SSSR count). The van der Waals surface area contributed by atoms with E-state index in [9.17, 15) is 0 Å². The molecule has 0 fully saturated rings. The molecular weight excluding hydrogens is 535 g/mol. The molecule has 0 spiro atoms. The van der Waals surface area contributed by atoms with Gasteiger partial charge in [-0.1, -0.05) is 182 Å². The molecule has 0 saturated heterocycles. The summed E-state index contributed by atoms with van der Waals surface area (Å²) in [6.07, 6.45) is 54.1. The first-order valence-electron chi connectivity index (χ1n) is 21.1. The first kappa shape index (κ1) is 43.4. The summed E-state index contributed by atoms with van der Waals surface area (Å²) in [5, 5.41) is 0. The van der Waals surface area contributed by atoms with Crippen molar-refractivity contribution in [2.75, 3.05) is 18.5 Å². The van der Waals surface area contributed by atoms with E-state index >= 15 is 0 Å². The molecule has 260 valence electrons.